The lowest BCUT2D eigenvalue weighted by molar-refractivity contribution is -0.116. The second-order valence-corrected chi connectivity index (χ2v) is 5.80. The molecule has 0 aliphatic heterocycles. The topological polar surface area (TPSA) is 61.4 Å². The Kier molecular flexibility index (Phi) is 6.32. The summed E-state index contributed by atoms with van der Waals surface area (Å²) in [6, 6.07) is 17.2. The third-order valence-corrected chi connectivity index (χ3v) is 3.76. The minimum Gasteiger partial charge on any atom is -0.387 e. The third kappa shape index (κ3) is 5.51. The van der Waals surface area contributed by atoms with Crippen LogP contribution in [0.25, 0.3) is 0 Å². The van der Waals surface area contributed by atoms with Crippen molar-refractivity contribution in [1.82, 2.24) is 5.32 Å². The van der Waals surface area contributed by atoms with Gasteiger partial charge in [0.25, 0.3) is 0 Å². The van der Waals surface area contributed by atoms with Crippen LogP contribution in [0.1, 0.15) is 30.6 Å². The fourth-order valence-corrected chi connectivity index (χ4v) is 2.47. The molecule has 4 heteroatoms. The quantitative estimate of drug-likeness (QED) is 0.736. The number of anilines is 1. The van der Waals surface area contributed by atoms with Gasteiger partial charge in [0.1, 0.15) is 0 Å². The molecule has 0 fully saturated rings. The molecule has 4 nitrogen and oxygen atoms in total. The fourth-order valence-electron chi connectivity index (χ4n) is 2.47. The maximum atomic E-state index is 12.0. The molecule has 0 spiro atoms. The number of hydrogen-bond donors (Lipinski definition) is 3. The Balaban J connectivity index is 1.77. The van der Waals surface area contributed by atoms with Crippen LogP contribution in [0.4, 0.5) is 5.69 Å². The van der Waals surface area contributed by atoms with Crippen LogP contribution in [0, 0.1) is 6.92 Å². The molecule has 122 valence electrons. The summed E-state index contributed by atoms with van der Waals surface area (Å²) in [5, 5.41) is 16.3. The largest absolute Gasteiger partial charge is 0.387 e. The van der Waals surface area contributed by atoms with E-state index >= 15 is 0 Å². The molecule has 0 saturated heterocycles. The number of aryl methyl sites for hydroxylation is 1. The van der Waals surface area contributed by atoms with Crippen LogP contribution < -0.4 is 10.6 Å². The average molecular weight is 312 g/mol. The van der Waals surface area contributed by atoms with Gasteiger partial charge in [0.2, 0.25) is 5.91 Å². The number of nitrogens with one attached hydrogen (secondary N) is 2. The van der Waals surface area contributed by atoms with Crippen molar-refractivity contribution in [2.45, 2.75) is 32.4 Å². The highest BCUT2D eigenvalue weighted by Crippen LogP contribution is 2.16. The first-order valence-corrected chi connectivity index (χ1v) is 7.88. The summed E-state index contributed by atoms with van der Waals surface area (Å²) in [6.07, 6.45) is -0.217. The lowest BCUT2D eigenvalue weighted by atomic mass is 10.0. The Morgan fingerprint density at radius 2 is 1.74 bits per heavy atom. The predicted molar refractivity (Wildman–Crippen MR) is 93.3 cm³/mol. The maximum absolute atomic E-state index is 12.0. The Morgan fingerprint density at radius 1 is 1.09 bits per heavy atom. The van der Waals surface area contributed by atoms with Gasteiger partial charge in [-0.05, 0) is 37.1 Å². The molecular formula is C19H24N2O2. The number of benzene rings is 2. The standard InChI is InChI=1S/C19H24N2O2/c1-14-8-6-7-11-17(14)18(22)13-20-15(2)12-19(23)21-16-9-4-3-5-10-16/h3-11,15,18,20,22H,12-13H2,1-2H3,(H,21,23). The van der Waals surface area contributed by atoms with Crippen molar-refractivity contribution >= 4 is 11.6 Å². The number of amides is 1. The molecule has 3 N–H and O–H groups in total. The van der Waals surface area contributed by atoms with Gasteiger partial charge < -0.3 is 15.7 Å². The van der Waals surface area contributed by atoms with Crippen molar-refractivity contribution in [2.24, 2.45) is 0 Å². The number of rotatable bonds is 7. The molecule has 2 unspecified atom stereocenters. The van der Waals surface area contributed by atoms with Crippen molar-refractivity contribution in [3.05, 3.63) is 65.7 Å². The molecule has 0 saturated carbocycles. The van der Waals surface area contributed by atoms with Crippen LogP contribution >= 0.6 is 0 Å². The van der Waals surface area contributed by atoms with Gasteiger partial charge in [-0.2, -0.15) is 0 Å². The third-order valence-electron chi connectivity index (χ3n) is 3.76. The van der Waals surface area contributed by atoms with Crippen molar-refractivity contribution in [1.29, 1.82) is 0 Å². The van der Waals surface area contributed by atoms with E-state index in [4.69, 9.17) is 0 Å². The molecule has 2 atom stereocenters. The number of para-hydroxylation sites is 1. The van der Waals surface area contributed by atoms with Crippen LogP contribution in [0.2, 0.25) is 0 Å². The molecule has 0 aliphatic rings. The molecular weight excluding hydrogens is 288 g/mol. The highest BCUT2D eigenvalue weighted by molar-refractivity contribution is 5.90. The molecule has 2 aromatic rings. The van der Waals surface area contributed by atoms with Gasteiger partial charge in [-0.25, -0.2) is 0 Å². The van der Waals surface area contributed by atoms with Crippen molar-refractivity contribution < 1.29 is 9.90 Å². The first-order chi connectivity index (χ1) is 11.1. The number of hydrogen-bond acceptors (Lipinski definition) is 3. The van der Waals surface area contributed by atoms with Gasteiger partial charge in [-0.15, -0.1) is 0 Å². The smallest absolute Gasteiger partial charge is 0.225 e. The summed E-state index contributed by atoms with van der Waals surface area (Å²) in [6.45, 7) is 4.34. The number of aliphatic hydroxyl groups is 1. The zero-order chi connectivity index (χ0) is 16.7. The van der Waals surface area contributed by atoms with E-state index in [9.17, 15) is 9.90 Å². The number of carbonyl (C=O) groups is 1. The summed E-state index contributed by atoms with van der Waals surface area (Å²) in [4.78, 5) is 12.0. The molecule has 0 heterocycles. The van der Waals surface area contributed by atoms with E-state index in [-0.39, 0.29) is 11.9 Å². The second kappa shape index (κ2) is 8.46. The van der Waals surface area contributed by atoms with E-state index in [1.165, 1.54) is 0 Å². The van der Waals surface area contributed by atoms with Crippen LogP contribution in [0.3, 0.4) is 0 Å². The van der Waals surface area contributed by atoms with Gasteiger partial charge in [-0.3, -0.25) is 4.79 Å². The summed E-state index contributed by atoms with van der Waals surface area (Å²) in [7, 11) is 0. The molecule has 0 bridgehead atoms. The first-order valence-electron chi connectivity index (χ1n) is 7.88. The average Bonchev–Trinajstić information content (AvgIpc) is 2.54. The van der Waals surface area contributed by atoms with Crippen molar-refractivity contribution in [3.8, 4) is 0 Å². The van der Waals surface area contributed by atoms with E-state index < -0.39 is 6.10 Å². The minimum absolute atomic E-state index is 0.0163. The van der Waals surface area contributed by atoms with Crippen LogP contribution in [0.15, 0.2) is 54.6 Å². The first kappa shape index (κ1) is 17.2. The molecule has 23 heavy (non-hydrogen) atoms. The van der Waals surface area contributed by atoms with Gasteiger partial charge in [0.05, 0.1) is 6.10 Å². The Morgan fingerprint density at radius 3 is 2.43 bits per heavy atom. The van der Waals surface area contributed by atoms with Gasteiger partial charge >= 0.3 is 0 Å². The van der Waals surface area contributed by atoms with Crippen molar-refractivity contribution in [3.63, 3.8) is 0 Å². The molecule has 2 aromatic carbocycles. The number of carbonyl (C=O) groups excluding carboxylic acids is 1. The highest BCUT2D eigenvalue weighted by Gasteiger charge is 2.13. The monoisotopic (exact) mass is 312 g/mol. The zero-order valence-corrected chi connectivity index (χ0v) is 13.6. The van der Waals surface area contributed by atoms with Crippen LogP contribution in [-0.4, -0.2) is 23.6 Å². The Hall–Kier alpha value is -2.17. The molecule has 2 rings (SSSR count). The highest BCUT2D eigenvalue weighted by atomic mass is 16.3. The van der Waals surface area contributed by atoms with Crippen LogP contribution in [-0.2, 0) is 4.79 Å². The second-order valence-electron chi connectivity index (χ2n) is 5.80. The fraction of sp³-hybridized carbons (Fsp3) is 0.316. The lowest BCUT2D eigenvalue weighted by Gasteiger charge is -2.18. The summed E-state index contributed by atoms with van der Waals surface area (Å²) >= 11 is 0. The predicted octanol–water partition coefficient (Wildman–Crippen LogP) is 3.04. The minimum atomic E-state index is -0.573. The SMILES string of the molecule is Cc1ccccc1C(O)CNC(C)CC(=O)Nc1ccccc1. The Labute approximate surface area is 137 Å². The van der Waals surface area contributed by atoms with E-state index in [1.807, 2.05) is 68.4 Å². The normalized spacial score (nSPS) is 13.3. The van der Waals surface area contributed by atoms with E-state index in [1.54, 1.807) is 0 Å². The molecule has 0 aliphatic carbocycles. The van der Waals surface area contributed by atoms with Crippen molar-refractivity contribution in [2.75, 3.05) is 11.9 Å². The zero-order valence-electron chi connectivity index (χ0n) is 13.6. The van der Waals surface area contributed by atoms with E-state index in [0.29, 0.717) is 13.0 Å². The molecule has 0 radical (unpaired) electrons. The van der Waals surface area contributed by atoms with Gasteiger partial charge in [0.15, 0.2) is 0 Å². The molecule has 0 aromatic heterocycles. The van der Waals surface area contributed by atoms with Gasteiger partial charge in [0, 0.05) is 24.7 Å². The van der Waals surface area contributed by atoms with Crippen LogP contribution in [0.5, 0.6) is 0 Å². The number of aliphatic hydroxyl groups excluding tert-OH is 1. The maximum Gasteiger partial charge on any atom is 0.225 e. The summed E-state index contributed by atoms with van der Waals surface area (Å²) < 4.78 is 0. The summed E-state index contributed by atoms with van der Waals surface area (Å²) in [5.74, 6) is -0.0402. The van der Waals surface area contributed by atoms with E-state index in [0.717, 1.165) is 16.8 Å². The Bertz CT molecular complexity index is 628. The molecule has 1 amide bonds. The lowest BCUT2D eigenvalue weighted by Crippen LogP contribution is -2.33. The van der Waals surface area contributed by atoms with Gasteiger partial charge in [-0.1, -0.05) is 42.5 Å². The van der Waals surface area contributed by atoms with E-state index in [2.05, 4.69) is 10.6 Å². The summed E-state index contributed by atoms with van der Waals surface area (Å²) in [5.41, 5.74) is 2.78.